The fraction of sp³-hybridized carbons (Fsp3) is 0.212. The third-order valence-corrected chi connectivity index (χ3v) is 8.15. The fourth-order valence-electron chi connectivity index (χ4n) is 6.38. The Morgan fingerprint density at radius 1 is 0.789 bits per heavy atom. The first-order valence-electron chi connectivity index (χ1n) is 13.5. The quantitative estimate of drug-likeness (QED) is 0.279. The maximum absolute atomic E-state index is 14.4. The number of nitrogens with zero attached hydrogens (tertiary/aromatic N) is 1. The van der Waals surface area contributed by atoms with E-state index in [1.807, 2.05) is 78.9 Å². The van der Waals surface area contributed by atoms with Crippen molar-refractivity contribution in [3.63, 3.8) is 0 Å². The van der Waals surface area contributed by atoms with Crippen LogP contribution in [0.4, 0.5) is 0 Å². The molecule has 2 N–H and O–H groups in total. The van der Waals surface area contributed by atoms with E-state index in [9.17, 15) is 9.59 Å². The lowest BCUT2D eigenvalue weighted by Crippen LogP contribution is -2.43. The van der Waals surface area contributed by atoms with E-state index >= 15 is 0 Å². The third-order valence-electron chi connectivity index (χ3n) is 8.15. The minimum absolute atomic E-state index is 0.129. The number of amides is 1. The van der Waals surface area contributed by atoms with Crippen molar-refractivity contribution in [3.05, 3.63) is 107 Å². The molecule has 2 aromatic heterocycles. The molecule has 0 saturated heterocycles. The molecule has 0 bridgehead atoms. The van der Waals surface area contributed by atoms with Crippen molar-refractivity contribution in [2.45, 2.75) is 44.2 Å². The van der Waals surface area contributed by atoms with Crippen LogP contribution in [0.1, 0.15) is 43.7 Å². The van der Waals surface area contributed by atoms with Crippen LogP contribution in [0.2, 0.25) is 0 Å². The largest absolute Gasteiger partial charge is 0.351 e. The van der Waals surface area contributed by atoms with Gasteiger partial charge in [0, 0.05) is 27.7 Å². The number of carbonyl (C=O) groups is 1. The zero-order chi connectivity index (χ0) is 25.6. The first-order valence-corrected chi connectivity index (χ1v) is 13.5. The molecule has 1 saturated carbocycles. The summed E-state index contributed by atoms with van der Waals surface area (Å²) in [6.45, 7) is 0. The lowest BCUT2D eigenvalue weighted by Gasteiger charge is -2.28. The minimum atomic E-state index is -0.809. The highest BCUT2D eigenvalue weighted by Gasteiger charge is 2.30. The van der Waals surface area contributed by atoms with Gasteiger partial charge in [-0.2, -0.15) is 0 Å². The summed E-state index contributed by atoms with van der Waals surface area (Å²) in [5, 5.41) is 8.23. The van der Waals surface area contributed by atoms with E-state index in [2.05, 4.69) is 22.4 Å². The number of nitrogens with one attached hydrogen (secondary N) is 2. The van der Waals surface area contributed by atoms with Gasteiger partial charge in [0.15, 0.2) is 0 Å². The Balaban J connectivity index is 1.54. The van der Waals surface area contributed by atoms with Gasteiger partial charge in [-0.3, -0.25) is 14.2 Å². The molecule has 1 amide bonds. The second kappa shape index (κ2) is 9.18. The summed E-state index contributed by atoms with van der Waals surface area (Å²) in [6.07, 6.45) is 5.40. The van der Waals surface area contributed by atoms with Crippen LogP contribution in [0.25, 0.3) is 43.5 Å². The molecule has 7 rings (SSSR count). The summed E-state index contributed by atoms with van der Waals surface area (Å²) < 4.78 is 1.72. The summed E-state index contributed by atoms with van der Waals surface area (Å²) in [6, 6.07) is 29.4. The van der Waals surface area contributed by atoms with Crippen LogP contribution in [0, 0.1) is 0 Å². The number of pyridine rings is 1. The normalized spacial score (nSPS) is 15.4. The Labute approximate surface area is 220 Å². The smallest absolute Gasteiger partial charge is 0.276 e. The second-order valence-electron chi connectivity index (χ2n) is 10.4. The van der Waals surface area contributed by atoms with E-state index in [1.165, 1.54) is 6.42 Å². The molecular weight excluding hydrogens is 470 g/mol. The lowest BCUT2D eigenvalue weighted by molar-refractivity contribution is -0.124. The van der Waals surface area contributed by atoms with Gasteiger partial charge >= 0.3 is 0 Å². The topological polar surface area (TPSA) is 66.9 Å². The molecule has 5 heteroatoms. The van der Waals surface area contributed by atoms with Crippen LogP contribution in [0.15, 0.2) is 95.8 Å². The van der Waals surface area contributed by atoms with E-state index in [1.54, 1.807) is 4.57 Å². The van der Waals surface area contributed by atoms with Gasteiger partial charge in [0.1, 0.15) is 11.6 Å². The number of aromatic nitrogens is 2. The molecule has 1 aliphatic carbocycles. The lowest BCUT2D eigenvalue weighted by atomic mass is 9.93. The summed E-state index contributed by atoms with van der Waals surface area (Å²) in [5.74, 6) is -0.129. The average molecular weight is 500 g/mol. The molecule has 6 aromatic rings. The van der Waals surface area contributed by atoms with Crippen LogP contribution >= 0.6 is 0 Å². The van der Waals surface area contributed by atoms with Gasteiger partial charge in [0.05, 0.1) is 5.52 Å². The van der Waals surface area contributed by atoms with Gasteiger partial charge in [0.2, 0.25) is 5.91 Å². The standard InChI is InChI=1S/C33H29N3O2/c37-32(34-22-13-2-1-3-14-22)31(24-18-10-12-21-11-4-5-15-23(21)24)36-28-20-9-7-17-26(28)29-25-16-6-8-19-27(25)35-30(29)33(36)38/h4-12,15-20,22,31,35H,1-3,13-14H2,(H,34,37). The van der Waals surface area contributed by atoms with Gasteiger partial charge < -0.3 is 10.3 Å². The van der Waals surface area contributed by atoms with Crippen molar-refractivity contribution in [1.29, 1.82) is 0 Å². The SMILES string of the molecule is O=C(NC1CCCCC1)C(c1cccc2ccccc12)n1c(=O)c2[nH]c3ccccc3c2c2ccccc21. The molecule has 0 radical (unpaired) electrons. The predicted octanol–water partition coefficient (Wildman–Crippen LogP) is 6.83. The van der Waals surface area contributed by atoms with Crippen molar-refractivity contribution in [2.24, 2.45) is 0 Å². The number of aromatic amines is 1. The molecule has 0 spiro atoms. The van der Waals surface area contributed by atoms with Crippen molar-refractivity contribution in [2.75, 3.05) is 0 Å². The van der Waals surface area contributed by atoms with Crippen molar-refractivity contribution < 1.29 is 4.79 Å². The summed E-state index contributed by atoms with van der Waals surface area (Å²) in [4.78, 5) is 32.1. The molecular formula is C33H29N3O2. The zero-order valence-corrected chi connectivity index (χ0v) is 21.1. The molecule has 0 aliphatic heterocycles. The Morgan fingerprint density at radius 2 is 1.47 bits per heavy atom. The number of rotatable bonds is 4. The summed E-state index contributed by atoms with van der Waals surface area (Å²) in [7, 11) is 0. The number of hydrogen-bond donors (Lipinski definition) is 2. The van der Waals surface area contributed by atoms with E-state index in [-0.39, 0.29) is 17.5 Å². The summed E-state index contributed by atoms with van der Waals surface area (Å²) >= 11 is 0. The van der Waals surface area contributed by atoms with Crippen LogP contribution in [-0.2, 0) is 4.79 Å². The highest BCUT2D eigenvalue weighted by atomic mass is 16.2. The molecule has 1 aliphatic rings. The molecule has 2 heterocycles. The van der Waals surface area contributed by atoms with Crippen LogP contribution in [0.5, 0.6) is 0 Å². The minimum Gasteiger partial charge on any atom is -0.351 e. The van der Waals surface area contributed by atoms with Crippen molar-refractivity contribution in [1.82, 2.24) is 14.9 Å². The molecule has 38 heavy (non-hydrogen) atoms. The molecule has 1 atom stereocenters. The molecule has 5 nitrogen and oxygen atoms in total. The highest BCUT2D eigenvalue weighted by molar-refractivity contribution is 6.19. The van der Waals surface area contributed by atoms with Crippen molar-refractivity contribution >= 4 is 49.4 Å². The monoisotopic (exact) mass is 499 g/mol. The molecule has 4 aromatic carbocycles. The van der Waals surface area contributed by atoms with Gasteiger partial charge in [-0.25, -0.2) is 0 Å². The van der Waals surface area contributed by atoms with Crippen LogP contribution in [-0.4, -0.2) is 21.5 Å². The van der Waals surface area contributed by atoms with Gasteiger partial charge in [-0.05, 0) is 41.3 Å². The molecule has 1 fully saturated rings. The van der Waals surface area contributed by atoms with Gasteiger partial charge in [-0.1, -0.05) is 98.1 Å². The number of carbonyl (C=O) groups excluding carboxylic acids is 1. The summed E-state index contributed by atoms with van der Waals surface area (Å²) in [5.41, 5.74) is 2.84. The van der Waals surface area contributed by atoms with Gasteiger partial charge in [-0.15, -0.1) is 0 Å². The average Bonchev–Trinajstić information content (AvgIpc) is 3.36. The van der Waals surface area contributed by atoms with Crippen LogP contribution in [0.3, 0.4) is 0 Å². The number of fused-ring (bicyclic) bond motifs is 6. The highest BCUT2D eigenvalue weighted by Crippen LogP contribution is 2.34. The van der Waals surface area contributed by atoms with E-state index in [0.717, 1.165) is 69.2 Å². The first kappa shape index (κ1) is 22.8. The van der Waals surface area contributed by atoms with Crippen molar-refractivity contribution in [3.8, 4) is 0 Å². The number of hydrogen-bond acceptors (Lipinski definition) is 2. The Hall–Kier alpha value is -4.38. The second-order valence-corrected chi connectivity index (χ2v) is 10.4. The maximum atomic E-state index is 14.4. The Bertz CT molecular complexity index is 1890. The predicted molar refractivity (Wildman–Crippen MR) is 155 cm³/mol. The van der Waals surface area contributed by atoms with Gasteiger partial charge in [0.25, 0.3) is 5.56 Å². The number of benzene rings is 4. The Kier molecular flexibility index (Phi) is 5.50. The fourth-order valence-corrected chi connectivity index (χ4v) is 6.38. The first-order chi connectivity index (χ1) is 18.7. The van der Waals surface area contributed by atoms with Crippen LogP contribution < -0.4 is 10.9 Å². The zero-order valence-electron chi connectivity index (χ0n) is 21.1. The number of H-pyrrole nitrogens is 1. The van der Waals surface area contributed by atoms with E-state index in [0.29, 0.717) is 5.52 Å². The van der Waals surface area contributed by atoms with E-state index in [4.69, 9.17) is 0 Å². The number of para-hydroxylation sites is 2. The third kappa shape index (κ3) is 3.61. The Morgan fingerprint density at radius 3 is 2.32 bits per heavy atom. The molecule has 188 valence electrons. The molecule has 1 unspecified atom stereocenters. The van der Waals surface area contributed by atoms with E-state index < -0.39 is 6.04 Å². The maximum Gasteiger partial charge on any atom is 0.276 e.